The van der Waals surface area contributed by atoms with Gasteiger partial charge in [0.05, 0.1) is 6.10 Å². The zero-order chi connectivity index (χ0) is 29.4. The van der Waals surface area contributed by atoms with E-state index in [1.54, 1.807) is 0 Å². The molecule has 4 heteroatoms. The number of esters is 1. The molecule has 0 saturated carbocycles. The second-order valence-electron chi connectivity index (χ2n) is 12.5. The van der Waals surface area contributed by atoms with E-state index in [0.717, 1.165) is 25.7 Å². The minimum atomic E-state index is -0.661. The third-order valence-corrected chi connectivity index (χ3v) is 8.32. The number of rotatable bonds is 33. The molecule has 0 bridgehead atoms. The highest BCUT2D eigenvalue weighted by Crippen LogP contribution is 2.16. The Kier molecular flexibility index (Phi) is 31.6. The monoisotopic (exact) mass is 567 g/mol. The van der Waals surface area contributed by atoms with Crippen molar-refractivity contribution >= 4 is 11.9 Å². The number of hydrogen-bond acceptors (Lipinski definition) is 3. The summed E-state index contributed by atoms with van der Waals surface area (Å²) in [5.74, 6) is -0.654. The van der Waals surface area contributed by atoms with Gasteiger partial charge in [-0.2, -0.15) is 0 Å². The van der Waals surface area contributed by atoms with Crippen LogP contribution in [0.4, 0.5) is 0 Å². The second-order valence-corrected chi connectivity index (χ2v) is 12.5. The van der Waals surface area contributed by atoms with Crippen LogP contribution in [0, 0.1) is 0 Å². The maximum atomic E-state index is 12.1. The molecule has 4 nitrogen and oxygen atoms in total. The average molecular weight is 567 g/mol. The molecule has 0 heterocycles. The molecule has 0 aliphatic heterocycles. The van der Waals surface area contributed by atoms with E-state index in [2.05, 4.69) is 13.8 Å². The maximum absolute atomic E-state index is 12.1. The number of carboxylic acid groups (broad SMARTS) is 1. The van der Waals surface area contributed by atoms with Crippen LogP contribution in [0.3, 0.4) is 0 Å². The highest BCUT2D eigenvalue weighted by atomic mass is 16.5. The average Bonchev–Trinajstić information content (AvgIpc) is 2.92. The van der Waals surface area contributed by atoms with E-state index in [-0.39, 0.29) is 12.1 Å². The zero-order valence-corrected chi connectivity index (χ0v) is 27.2. The molecule has 0 aromatic carbocycles. The molecule has 0 aliphatic rings. The van der Waals surface area contributed by atoms with Gasteiger partial charge < -0.3 is 9.84 Å². The summed E-state index contributed by atoms with van der Waals surface area (Å²) in [6, 6.07) is 0. The molecule has 0 rings (SSSR count). The van der Waals surface area contributed by atoms with Gasteiger partial charge in [-0.15, -0.1) is 0 Å². The normalized spacial score (nSPS) is 12.1. The molecule has 0 aromatic rings. The minimum Gasteiger partial charge on any atom is -0.481 e. The molecule has 0 radical (unpaired) electrons. The highest BCUT2D eigenvalue weighted by molar-refractivity contribution is 5.69. The van der Waals surface area contributed by atoms with Crippen molar-refractivity contribution < 1.29 is 19.4 Å². The molecule has 0 aliphatic carbocycles. The molecule has 0 fully saturated rings. The highest BCUT2D eigenvalue weighted by Gasteiger charge is 2.09. The van der Waals surface area contributed by atoms with Gasteiger partial charge in [0.1, 0.15) is 0 Å². The van der Waals surface area contributed by atoms with E-state index >= 15 is 0 Å². The Morgan fingerprint density at radius 1 is 0.475 bits per heavy atom. The quantitative estimate of drug-likeness (QED) is 0.0633. The van der Waals surface area contributed by atoms with Crippen molar-refractivity contribution in [1.82, 2.24) is 0 Å². The summed E-state index contributed by atoms with van der Waals surface area (Å²) in [5, 5.41) is 8.63. The van der Waals surface area contributed by atoms with E-state index in [9.17, 15) is 9.59 Å². The Hall–Kier alpha value is -1.06. The van der Waals surface area contributed by atoms with Gasteiger partial charge in [-0.1, -0.05) is 167 Å². The van der Waals surface area contributed by atoms with Gasteiger partial charge in [-0.05, 0) is 32.6 Å². The van der Waals surface area contributed by atoms with E-state index in [4.69, 9.17) is 9.84 Å². The third-order valence-electron chi connectivity index (χ3n) is 8.32. The summed E-state index contributed by atoms with van der Waals surface area (Å²) < 4.78 is 5.63. The summed E-state index contributed by atoms with van der Waals surface area (Å²) in [7, 11) is 0. The maximum Gasteiger partial charge on any atom is 0.306 e. The van der Waals surface area contributed by atoms with E-state index < -0.39 is 5.97 Å². The molecule has 0 amide bonds. The molecule has 1 atom stereocenters. The van der Waals surface area contributed by atoms with Crippen LogP contribution >= 0.6 is 0 Å². The lowest BCUT2D eigenvalue weighted by Crippen LogP contribution is -2.14. The molecular formula is C36H70O4. The van der Waals surface area contributed by atoms with Gasteiger partial charge in [0.15, 0.2) is 0 Å². The predicted molar refractivity (Wildman–Crippen MR) is 172 cm³/mol. The van der Waals surface area contributed by atoms with E-state index in [1.165, 1.54) is 161 Å². The summed E-state index contributed by atoms with van der Waals surface area (Å²) in [6.07, 6.45) is 38.2. The Morgan fingerprint density at radius 3 is 1.12 bits per heavy atom. The smallest absolute Gasteiger partial charge is 0.306 e. The first-order valence-corrected chi connectivity index (χ1v) is 18.0. The minimum absolute atomic E-state index is 0.00777. The van der Waals surface area contributed by atoms with Crippen LogP contribution in [0.2, 0.25) is 0 Å². The number of ether oxygens (including phenoxy) is 1. The number of aliphatic carboxylic acids is 1. The Balaban J connectivity index is 3.26. The summed E-state index contributed by atoms with van der Waals surface area (Å²) in [6.45, 7) is 4.33. The van der Waals surface area contributed by atoms with Crippen LogP contribution in [0.25, 0.3) is 0 Å². The largest absolute Gasteiger partial charge is 0.481 e. The van der Waals surface area contributed by atoms with Crippen molar-refractivity contribution in [1.29, 1.82) is 0 Å². The summed E-state index contributed by atoms with van der Waals surface area (Å²) in [5.41, 5.74) is 0. The van der Waals surface area contributed by atoms with E-state index in [0.29, 0.717) is 12.8 Å². The Morgan fingerprint density at radius 2 is 0.775 bits per heavy atom. The van der Waals surface area contributed by atoms with Crippen molar-refractivity contribution in [2.24, 2.45) is 0 Å². The van der Waals surface area contributed by atoms with Gasteiger partial charge >= 0.3 is 11.9 Å². The number of carbonyl (C=O) groups is 2. The first-order chi connectivity index (χ1) is 19.6. The lowest BCUT2D eigenvalue weighted by atomic mass is 10.0. The third kappa shape index (κ3) is 33.1. The molecular weight excluding hydrogens is 496 g/mol. The lowest BCUT2D eigenvalue weighted by molar-refractivity contribution is -0.148. The number of unbranched alkanes of at least 4 members (excludes halogenated alkanes) is 26. The molecule has 1 unspecified atom stereocenters. The van der Waals surface area contributed by atoms with Crippen LogP contribution in [-0.4, -0.2) is 23.1 Å². The summed E-state index contributed by atoms with van der Waals surface area (Å²) in [4.78, 5) is 22.6. The van der Waals surface area contributed by atoms with Crippen molar-refractivity contribution in [3.05, 3.63) is 0 Å². The SMILES string of the molecule is CCCCCCCCCCCCCC(=O)OC(C)CCCCCCCCCCCCCCCCCCCC(=O)O. The van der Waals surface area contributed by atoms with Gasteiger partial charge in [0.25, 0.3) is 0 Å². The fraction of sp³-hybridized carbons (Fsp3) is 0.944. The van der Waals surface area contributed by atoms with Gasteiger partial charge in [0, 0.05) is 12.8 Å². The zero-order valence-electron chi connectivity index (χ0n) is 27.2. The Bertz CT molecular complexity index is 533. The fourth-order valence-corrected chi connectivity index (χ4v) is 5.64. The van der Waals surface area contributed by atoms with Crippen molar-refractivity contribution in [2.75, 3.05) is 0 Å². The lowest BCUT2D eigenvalue weighted by Gasteiger charge is -2.13. The van der Waals surface area contributed by atoms with E-state index in [1.807, 2.05) is 0 Å². The number of carboxylic acids is 1. The molecule has 0 saturated heterocycles. The first-order valence-electron chi connectivity index (χ1n) is 18.0. The van der Waals surface area contributed by atoms with Crippen LogP contribution < -0.4 is 0 Å². The van der Waals surface area contributed by atoms with Crippen LogP contribution in [0.5, 0.6) is 0 Å². The molecule has 238 valence electrons. The van der Waals surface area contributed by atoms with Gasteiger partial charge in [-0.3, -0.25) is 9.59 Å². The number of carbonyl (C=O) groups excluding carboxylic acids is 1. The second kappa shape index (κ2) is 32.5. The van der Waals surface area contributed by atoms with Crippen molar-refractivity contribution in [3.63, 3.8) is 0 Å². The van der Waals surface area contributed by atoms with Crippen LogP contribution in [0.1, 0.15) is 213 Å². The van der Waals surface area contributed by atoms with Gasteiger partial charge in [-0.25, -0.2) is 0 Å². The molecule has 40 heavy (non-hydrogen) atoms. The van der Waals surface area contributed by atoms with Crippen LogP contribution in [-0.2, 0) is 14.3 Å². The predicted octanol–water partition coefficient (Wildman–Crippen LogP) is 12.1. The van der Waals surface area contributed by atoms with Crippen molar-refractivity contribution in [2.45, 2.75) is 219 Å². The molecule has 1 N–H and O–H groups in total. The topological polar surface area (TPSA) is 63.6 Å². The Labute approximate surface area is 250 Å². The molecule has 0 spiro atoms. The molecule has 0 aromatic heterocycles. The van der Waals surface area contributed by atoms with Gasteiger partial charge in [0.2, 0.25) is 0 Å². The standard InChI is InChI=1S/C36H70O4/c1-3-4-5-6-7-8-16-21-24-27-30-33-36(39)40-34(2)31-28-25-22-19-17-14-12-10-9-11-13-15-18-20-23-26-29-32-35(37)38/h34H,3-33H2,1-2H3,(H,37,38). The first kappa shape index (κ1) is 38.9. The fourth-order valence-electron chi connectivity index (χ4n) is 5.64. The number of hydrogen-bond donors (Lipinski definition) is 1. The van der Waals surface area contributed by atoms with Crippen molar-refractivity contribution in [3.8, 4) is 0 Å². The van der Waals surface area contributed by atoms with Crippen LogP contribution in [0.15, 0.2) is 0 Å². The summed E-state index contributed by atoms with van der Waals surface area (Å²) >= 11 is 0.